The summed E-state index contributed by atoms with van der Waals surface area (Å²) in [5.74, 6) is 0.187. The molecule has 1 heterocycles. The number of aliphatic hydroxyl groups excluding tert-OH is 1. The molecule has 0 spiro atoms. The summed E-state index contributed by atoms with van der Waals surface area (Å²) in [6, 6.07) is 6.90. The number of rotatable bonds is 7. The van der Waals surface area contributed by atoms with E-state index >= 15 is 0 Å². The van der Waals surface area contributed by atoms with Gasteiger partial charge in [0.15, 0.2) is 0 Å². The maximum atomic E-state index is 13.9. The average molecular weight is 322 g/mol. The Balaban J connectivity index is 2.11. The van der Waals surface area contributed by atoms with E-state index in [1.165, 1.54) is 17.4 Å². The lowest BCUT2D eigenvalue weighted by Crippen LogP contribution is -2.24. The summed E-state index contributed by atoms with van der Waals surface area (Å²) in [6.45, 7) is 7.23. The Morgan fingerprint density at radius 2 is 2.05 bits per heavy atom. The number of aryl methyl sites for hydroxylation is 1. The van der Waals surface area contributed by atoms with Crippen LogP contribution in [0.15, 0.2) is 24.3 Å². The minimum Gasteiger partial charge on any atom is -0.396 e. The molecule has 0 aliphatic carbocycles. The van der Waals surface area contributed by atoms with Gasteiger partial charge in [-0.1, -0.05) is 19.1 Å². The lowest BCUT2D eigenvalue weighted by Gasteiger charge is -2.16. The van der Waals surface area contributed by atoms with E-state index in [2.05, 4.69) is 24.1 Å². The Labute approximate surface area is 135 Å². The molecule has 3 nitrogen and oxygen atoms in total. The Bertz CT molecular complexity index is 614. The molecule has 2 N–H and O–H groups in total. The Morgan fingerprint density at radius 1 is 1.32 bits per heavy atom. The highest BCUT2D eigenvalue weighted by atomic mass is 32.1. The number of aromatic nitrogens is 1. The zero-order chi connectivity index (χ0) is 16.1. The smallest absolute Gasteiger partial charge is 0.133 e. The van der Waals surface area contributed by atoms with Gasteiger partial charge < -0.3 is 10.4 Å². The van der Waals surface area contributed by atoms with Gasteiger partial charge in [-0.05, 0) is 44.9 Å². The Hall–Kier alpha value is -1.30. The van der Waals surface area contributed by atoms with Crippen LogP contribution < -0.4 is 5.32 Å². The maximum absolute atomic E-state index is 13.9. The molecular weight excluding hydrogens is 299 g/mol. The van der Waals surface area contributed by atoms with Gasteiger partial charge in [0, 0.05) is 23.1 Å². The van der Waals surface area contributed by atoms with E-state index in [-0.39, 0.29) is 18.5 Å². The van der Waals surface area contributed by atoms with Crippen molar-refractivity contribution in [2.75, 3.05) is 13.2 Å². The number of hydrogen-bond acceptors (Lipinski definition) is 4. The fourth-order valence-corrected chi connectivity index (χ4v) is 3.47. The highest BCUT2D eigenvalue weighted by Crippen LogP contribution is 2.32. The quantitative estimate of drug-likeness (QED) is 0.812. The molecule has 22 heavy (non-hydrogen) atoms. The molecule has 0 saturated carbocycles. The van der Waals surface area contributed by atoms with Crippen LogP contribution in [0.25, 0.3) is 10.6 Å². The molecule has 1 aromatic heterocycles. The van der Waals surface area contributed by atoms with Crippen molar-refractivity contribution in [3.05, 3.63) is 40.7 Å². The first kappa shape index (κ1) is 17.1. The van der Waals surface area contributed by atoms with Crippen molar-refractivity contribution >= 4 is 11.3 Å². The van der Waals surface area contributed by atoms with Gasteiger partial charge in [-0.2, -0.15) is 0 Å². The predicted molar refractivity (Wildman–Crippen MR) is 89.5 cm³/mol. The molecular formula is C17H23FN2OS. The molecule has 1 aromatic carbocycles. The molecule has 0 radical (unpaired) electrons. The van der Waals surface area contributed by atoms with E-state index in [0.717, 1.165) is 28.5 Å². The Kier molecular flexibility index (Phi) is 6.06. The van der Waals surface area contributed by atoms with Gasteiger partial charge in [0.1, 0.15) is 10.8 Å². The molecule has 2 atom stereocenters. The minimum absolute atomic E-state index is 0.166. The number of nitrogens with one attached hydrogen (secondary N) is 1. The van der Waals surface area contributed by atoms with Crippen molar-refractivity contribution in [3.63, 3.8) is 0 Å². The molecule has 0 aliphatic rings. The number of halogens is 1. The van der Waals surface area contributed by atoms with Crippen LogP contribution in [0.4, 0.5) is 4.39 Å². The highest BCUT2D eigenvalue weighted by Gasteiger charge is 2.17. The van der Waals surface area contributed by atoms with Gasteiger partial charge in [-0.15, -0.1) is 11.3 Å². The number of nitrogens with zero attached hydrogens (tertiary/aromatic N) is 1. The van der Waals surface area contributed by atoms with E-state index in [1.54, 1.807) is 12.1 Å². The van der Waals surface area contributed by atoms with Crippen LogP contribution in [0.5, 0.6) is 0 Å². The third-order valence-electron chi connectivity index (χ3n) is 3.72. The first-order valence-corrected chi connectivity index (χ1v) is 8.41. The predicted octanol–water partition coefficient (Wildman–Crippen LogP) is 3.93. The second-order valence-electron chi connectivity index (χ2n) is 5.70. The molecule has 2 rings (SSSR count). The van der Waals surface area contributed by atoms with Gasteiger partial charge in [0.25, 0.3) is 0 Å². The lowest BCUT2D eigenvalue weighted by atomic mass is 10.1. The van der Waals surface area contributed by atoms with E-state index in [9.17, 15) is 4.39 Å². The van der Waals surface area contributed by atoms with Gasteiger partial charge in [0.2, 0.25) is 0 Å². The summed E-state index contributed by atoms with van der Waals surface area (Å²) in [7, 11) is 0. The fourth-order valence-electron chi connectivity index (χ4n) is 2.35. The summed E-state index contributed by atoms with van der Waals surface area (Å²) in [4.78, 5) is 5.66. The fraction of sp³-hybridized carbons (Fsp3) is 0.471. The second-order valence-corrected chi connectivity index (χ2v) is 6.73. The summed E-state index contributed by atoms with van der Waals surface area (Å²) in [5, 5.41) is 13.1. The van der Waals surface area contributed by atoms with Gasteiger partial charge in [0.05, 0.1) is 5.69 Å². The molecule has 0 bridgehead atoms. The molecule has 0 fully saturated rings. The summed E-state index contributed by atoms with van der Waals surface area (Å²) < 4.78 is 13.9. The van der Waals surface area contributed by atoms with Crippen molar-refractivity contribution in [1.29, 1.82) is 0 Å². The lowest BCUT2D eigenvalue weighted by molar-refractivity contribution is 0.258. The Morgan fingerprint density at radius 3 is 2.73 bits per heavy atom. The number of benzene rings is 1. The van der Waals surface area contributed by atoms with E-state index < -0.39 is 0 Å². The standard InChI is InChI=1S/C17H23FN2OS/c1-11(8-9-21)10-19-12(2)16-13(3)20-17(22-16)14-6-4-5-7-15(14)18/h4-7,11-12,19,21H,8-10H2,1-3H3. The van der Waals surface area contributed by atoms with Crippen LogP contribution in [0, 0.1) is 18.7 Å². The summed E-state index contributed by atoms with van der Waals surface area (Å²) >= 11 is 1.54. The average Bonchev–Trinajstić information content (AvgIpc) is 2.87. The maximum Gasteiger partial charge on any atom is 0.133 e. The van der Waals surface area contributed by atoms with Crippen molar-refractivity contribution in [3.8, 4) is 10.6 Å². The number of thiazole rings is 1. The molecule has 2 aromatic rings. The molecule has 2 unspecified atom stereocenters. The molecule has 0 amide bonds. The minimum atomic E-state index is -0.236. The van der Waals surface area contributed by atoms with E-state index in [0.29, 0.717) is 11.5 Å². The van der Waals surface area contributed by atoms with E-state index in [4.69, 9.17) is 5.11 Å². The molecule has 0 saturated heterocycles. The van der Waals surface area contributed by atoms with Crippen molar-refractivity contribution in [2.24, 2.45) is 5.92 Å². The van der Waals surface area contributed by atoms with Crippen molar-refractivity contribution in [2.45, 2.75) is 33.2 Å². The van der Waals surface area contributed by atoms with E-state index in [1.807, 2.05) is 13.0 Å². The van der Waals surface area contributed by atoms with Gasteiger partial charge >= 0.3 is 0 Å². The summed E-state index contributed by atoms with van der Waals surface area (Å²) in [6.07, 6.45) is 0.794. The van der Waals surface area contributed by atoms with Crippen LogP contribution >= 0.6 is 11.3 Å². The monoisotopic (exact) mass is 322 g/mol. The van der Waals surface area contributed by atoms with Gasteiger partial charge in [-0.3, -0.25) is 0 Å². The van der Waals surface area contributed by atoms with Crippen LogP contribution in [0.1, 0.15) is 36.9 Å². The highest BCUT2D eigenvalue weighted by molar-refractivity contribution is 7.15. The molecule has 120 valence electrons. The van der Waals surface area contributed by atoms with Crippen LogP contribution in [-0.4, -0.2) is 23.2 Å². The first-order chi connectivity index (χ1) is 10.5. The van der Waals surface area contributed by atoms with Crippen molar-refractivity contribution in [1.82, 2.24) is 10.3 Å². The number of hydrogen-bond donors (Lipinski definition) is 2. The molecule has 5 heteroatoms. The van der Waals surface area contributed by atoms with Crippen LogP contribution in [-0.2, 0) is 0 Å². The zero-order valence-electron chi connectivity index (χ0n) is 13.3. The third kappa shape index (κ3) is 4.12. The van der Waals surface area contributed by atoms with Crippen LogP contribution in [0.2, 0.25) is 0 Å². The largest absolute Gasteiger partial charge is 0.396 e. The zero-order valence-corrected chi connectivity index (χ0v) is 14.1. The second kappa shape index (κ2) is 7.81. The SMILES string of the molecule is Cc1nc(-c2ccccc2F)sc1C(C)NCC(C)CCO. The van der Waals surface area contributed by atoms with Gasteiger partial charge in [-0.25, -0.2) is 9.37 Å². The topological polar surface area (TPSA) is 45.2 Å². The number of aliphatic hydroxyl groups is 1. The molecule has 0 aliphatic heterocycles. The normalized spacial score (nSPS) is 14.0. The third-order valence-corrected chi connectivity index (χ3v) is 5.10. The van der Waals surface area contributed by atoms with Crippen LogP contribution in [0.3, 0.4) is 0 Å². The summed E-state index contributed by atoms with van der Waals surface area (Å²) in [5.41, 5.74) is 1.50. The first-order valence-electron chi connectivity index (χ1n) is 7.59. The van der Waals surface area contributed by atoms with Crippen molar-refractivity contribution < 1.29 is 9.50 Å².